The molecule has 104 valence electrons. The molecule has 0 saturated carbocycles. The molecule has 5 heteroatoms. The van der Waals surface area contributed by atoms with E-state index in [9.17, 15) is 0 Å². The quantitative estimate of drug-likeness (QED) is 0.771. The second kappa shape index (κ2) is 7.48. The van der Waals surface area contributed by atoms with Crippen LogP contribution in [0.1, 0.15) is 64.2 Å². The molecule has 1 unspecified atom stereocenters. The zero-order valence-corrected chi connectivity index (χ0v) is 12.0. The van der Waals surface area contributed by atoms with Crippen LogP contribution in [0.15, 0.2) is 4.52 Å². The molecule has 0 radical (unpaired) electrons. The van der Waals surface area contributed by atoms with Gasteiger partial charge in [0.2, 0.25) is 5.89 Å². The van der Waals surface area contributed by atoms with Crippen molar-refractivity contribution in [1.82, 2.24) is 15.0 Å². The molecule has 0 bridgehead atoms. The van der Waals surface area contributed by atoms with Crippen LogP contribution in [0, 0.1) is 0 Å². The van der Waals surface area contributed by atoms with Gasteiger partial charge in [-0.3, -0.25) is 0 Å². The maximum Gasteiger partial charge on any atom is 0.229 e. The van der Waals surface area contributed by atoms with Crippen molar-refractivity contribution in [1.29, 1.82) is 0 Å². The Morgan fingerprint density at radius 3 is 2.28 bits per heavy atom. The SMILES string of the molecule is CCC(CC)c1nc(C(N)CN(CC)CC)no1. The first kappa shape index (κ1) is 15.1. The maximum absolute atomic E-state index is 6.12. The van der Waals surface area contributed by atoms with Crippen LogP contribution < -0.4 is 5.73 Å². The van der Waals surface area contributed by atoms with E-state index in [0.29, 0.717) is 11.7 Å². The molecule has 0 fully saturated rings. The van der Waals surface area contributed by atoms with E-state index in [1.54, 1.807) is 0 Å². The van der Waals surface area contributed by atoms with Gasteiger partial charge in [0.25, 0.3) is 0 Å². The largest absolute Gasteiger partial charge is 0.339 e. The molecule has 18 heavy (non-hydrogen) atoms. The summed E-state index contributed by atoms with van der Waals surface area (Å²) in [5.74, 6) is 1.71. The minimum absolute atomic E-state index is 0.170. The lowest BCUT2D eigenvalue weighted by molar-refractivity contribution is 0.276. The second-order valence-corrected chi connectivity index (χ2v) is 4.60. The zero-order valence-electron chi connectivity index (χ0n) is 12.0. The Morgan fingerprint density at radius 1 is 1.17 bits per heavy atom. The molecule has 0 aromatic carbocycles. The Bertz CT molecular complexity index is 331. The predicted molar refractivity (Wildman–Crippen MR) is 72.3 cm³/mol. The molecule has 1 aromatic rings. The van der Waals surface area contributed by atoms with Gasteiger partial charge >= 0.3 is 0 Å². The van der Waals surface area contributed by atoms with E-state index in [0.717, 1.165) is 38.4 Å². The molecule has 1 rings (SSSR count). The van der Waals surface area contributed by atoms with Gasteiger partial charge < -0.3 is 15.2 Å². The van der Waals surface area contributed by atoms with E-state index < -0.39 is 0 Å². The summed E-state index contributed by atoms with van der Waals surface area (Å²) in [6.07, 6.45) is 2.03. The number of rotatable bonds is 8. The molecule has 5 nitrogen and oxygen atoms in total. The Morgan fingerprint density at radius 2 is 1.78 bits per heavy atom. The molecule has 0 aliphatic heterocycles. The number of aromatic nitrogens is 2. The lowest BCUT2D eigenvalue weighted by Crippen LogP contribution is -2.32. The Labute approximate surface area is 110 Å². The molecule has 0 amide bonds. The summed E-state index contributed by atoms with van der Waals surface area (Å²) in [7, 11) is 0. The molecule has 1 aromatic heterocycles. The fraction of sp³-hybridized carbons (Fsp3) is 0.846. The van der Waals surface area contributed by atoms with E-state index in [1.807, 2.05) is 0 Å². The number of hydrogen-bond acceptors (Lipinski definition) is 5. The van der Waals surface area contributed by atoms with Crippen molar-refractivity contribution in [3.05, 3.63) is 11.7 Å². The topological polar surface area (TPSA) is 68.2 Å². The van der Waals surface area contributed by atoms with Gasteiger partial charge in [0.05, 0.1) is 6.04 Å². The fourth-order valence-electron chi connectivity index (χ4n) is 2.04. The summed E-state index contributed by atoms with van der Waals surface area (Å²) >= 11 is 0. The highest BCUT2D eigenvalue weighted by Gasteiger charge is 2.20. The Kier molecular flexibility index (Phi) is 6.29. The summed E-state index contributed by atoms with van der Waals surface area (Å²) in [6.45, 7) is 11.3. The fourth-order valence-corrected chi connectivity index (χ4v) is 2.04. The molecule has 0 saturated heterocycles. The van der Waals surface area contributed by atoms with Gasteiger partial charge in [-0.1, -0.05) is 32.9 Å². The van der Waals surface area contributed by atoms with Gasteiger partial charge in [-0.25, -0.2) is 0 Å². The highest BCUT2D eigenvalue weighted by Crippen LogP contribution is 2.22. The van der Waals surface area contributed by atoms with Crippen LogP contribution in [0.25, 0.3) is 0 Å². The van der Waals surface area contributed by atoms with Crippen molar-refractivity contribution in [2.45, 2.75) is 52.5 Å². The van der Waals surface area contributed by atoms with E-state index in [4.69, 9.17) is 10.3 Å². The van der Waals surface area contributed by atoms with Crippen LogP contribution in [-0.2, 0) is 0 Å². The molecule has 1 heterocycles. The zero-order chi connectivity index (χ0) is 13.5. The normalized spacial score (nSPS) is 13.5. The molecule has 0 aliphatic rings. The third-order valence-electron chi connectivity index (χ3n) is 3.47. The summed E-state index contributed by atoms with van der Waals surface area (Å²) in [6, 6.07) is -0.170. The highest BCUT2D eigenvalue weighted by molar-refractivity contribution is 4.98. The summed E-state index contributed by atoms with van der Waals surface area (Å²) < 4.78 is 5.32. The molecule has 2 N–H and O–H groups in total. The first-order valence-electron chi connectivity index (χ1n) is 6.97. The minimum atomic E-state index is -0.170. The van der Waals surface area contributed by atoms with Gasteiger partial charge in [0, 0.05) is 12.5 Å². The average molecular weight is 254 g/mol. The van der Waals surface area contributed by atoms with E-state index >= 15 is 0 Å². The van der Waals surface area contributed by atoms with Gasteiger partial charge in [-0.15, -0.1) is 0 Å². The maximum atomic E-state index is 6.12. The van der Waals surface area contributed by atoms with E-state index in [-0.39, 0.29) is 6.04 Å². The third-order valence-corrected chi connectivity index (χ3v) is 3.47. The van der Waals surface area contributed by atoms with Crippen molar-refractivity contribution in [2.75, 3.05) is 19.6 Å². The minimum Gasteiger partial charge on any atom is -0.339 e. The molecule has 0 spiro atoms. The number of nitrogens with two attached hydrogens (primary N) is 1. The predicted octanol–water partition coefficient (Wildman–Crippen LogP) is 2.31. The molecular weight excluding hydrogens is 228 g/mol. The smallest absolute Gasteiger partial charge is 0.229 e. The first-order chi connectivity index (χ1) is 8.65. The summed E-state index contributed by atoms with van der Waals surface area (Å²) in [5, 5.41) is 4.02. The van der Waals surface area contributed by atoms with Crippen molar-refractivity contribution in [3.63, 3.8) is 0 Å². The molecule has 1 atom stereocenters. The third kappa shape index (κ3) is 3.78. The highest BCUT2D eigenvalue weighted by atomic mass is 16.5. The van der Waals surface area contributed by atoms with Crippen LogP contribution in [0.5, 0.6) is 0 Å². The lowest BCUT2D eigenvalue weighted by atomic mass is 10.0. The standard InChI is InChI=1S/C13H26N4O/c1-5-10(6-2)13-15-12(16-18-13)11(14)9-17(7-3)8-4/h10-11H,5-9,14H2,1-4H3. The molecule has 0 aliphatic carbocycles. The van der Waals surface area contributed by atoms with Crippen molar-refractivity contribution in [3.8, 4) is 0 Å². The van der Waals surface area contributed by atoms with Crippen LogP contribution in [0.4, 0.5) is 0 Å². The van der Waals surface area contributed by atoms with Gasteiger partial charge in [0.1, 0.15) is 0 Å². The summed E-state index contributed by atoms with van der Waals surface area (Å²) in [5.41, 5.74) is 6.12. The van der Waals surface area contributed by atoms with Crippen LogP contribution in [0.2, 0.25) is 0 Å². The number of likely N-dealkylation sites (N-methyl/N-ethyl adjacent to an activating group) is 1. The van der Waals surface area contributed by atoms with Crippen molar-refractivity contribution >= 4 is 0 Å². The van der Waals surface area contributed by atoms with Crippen molar-refractivity contribution < 1.29 is 4.52 Å². The van der Waals surface area contributed by atoms with E-state index in [1.165, 1.54) is 0 Å². The number of hydrogen-bond donors (Lipinski definition) is 1. The lowest BCUT2D eigenvalue weighted by Gasteiger charge is -2.20. The average Bonchev–Trinajstić information content (AvgIpc) is 2.87. The van der Waals surface area contributed by atoms with Crippen LogP contribution in [-0.4, -0.2) is 34.7 Å². The van der Waals surface area contributed by atoms with Crippen molar-refractivity contribution in [2.24, 2.45) is 5.73 Å². The number of nitrogens with zero attached hydrogens (tertiary/aromatic N) is 3. The molecular formula is C13H26N4O. The van der Waals surface area contributed by atoms with Crippen LogP contribution in [0.3, 0.4) is 0 Å². The van der Waals surface area contributed by atoms with E-state index in [2.05, 4.69) is 42.7 Å². The van der Waals surface area contributed by atoms with Gasteiger partial charge in [-0.05, 0) is 25.9 Å². The second-order valence-electron chi connectivity index (χ2n) is 4.60. The van der Waals surface area contributed by atoms with Gasteiger partial charge in [0.15, 0.2) is 5.82 Å². The van der Waals surface area contributed by atoms with Crippen LogP contribution >= 0.6 is 0 Å². The Hall–Kier alpha value is -0.940. The Balaban J connectivity index is 2.66. The summed E-state index contributed by atoms with van der Waals surface area (Å²) in [4.78, 5) is 6.71. The first-order valence-corrected chi connectivity index (χ1v) is 6.97. The van der Waals surface area contributed by atoms with Gasteiger partial charge in [-0.2, -0.15) is 4.98 Å². The monoisotopic (exact) mass is 254 g/mol.